The third-order valence-corrected chi connectivity index (χ3v) is 7.07. The van der Waals surface area contributed by atoms with E-state index in [9.17, 15) is 27.9 Å². The normalized spacial score (nSPS) is 18.4. The lowest BCUT2D eigenvalue weighted by Crippen LogP contribution is -2.60. The molecule has 5 rings (SSSR count). The zero-order chi connectivity index (χ0) is 25.1. The standard InChI is InChI=1S/C26H24F3N3O3/c1-15-6-5-9-20-18(15)11-10-17-7-3-4-8-19(17)22(20)32-14-30(16(2)26(27,28)29)25(35)23-24(34)21(33)12-13-31(23)32/h3-9,12-13,16,22,34H,10-11,14H2,1-2H3/t16-,22?/m1/s1. The lowest BCUT2D eigenvalue weighted by atomic mass is 9.92. The first-order valence-electron chi connectivity index (χ1n) is 11.3. The van der Waals surface area contributed by atoms with E-state index in [-0.39, 0.29) is 6.67 Å². The van der Waals surface area contributed by atoms with Crippen molar-refractivity contribution in [3.8, 4) is 5.75 Å². The Bertz CT molecular complexity index is 1380. The molecule has 0 spiro atoms. The van der Waals surface area contributed by atoms with Gasteiger partial charge in [0.25, 0.3) is 5.91 Å². The first-order valence-corrected chi connectivity index (χ1v) is 11.3. The van der Waals surface area contributed by atoms with Crippen molar-refractivity contribution in [1.29, 1.82) is 0 Å². The van der Waals surface area contributed by atoms with E-state index >= 15 is 0 Å². The number of halogens is 3. The molecule has 0 bridgehead atoms. The van der Waals surface area contributed by atoms with Gasteiger partial charge in [-0.2, -0.15) is 13.2 Å². The lowest BCUT2D eigenvalue weighted by molar-refractivity contribution is -0.173. The summed E-state index contributed by atoms with van der Waals surface area (Å²) in [5.74, 6) is -1.92. The Kier molecular flexibility index (Phi) is 5.38. The van der Waals surface area contributed by atoms with Gasteiger partial charge in [0.2, 0.25) is 5.43 Å². The number of carbonyl (C=O) groups excluding carboxylic acids is 1. The maximum Gasteiger partial charge on any atom is 0.408 e. The zero-order valence-electron chi connectivity index (χ0n) is 19.2. The lowest BCUT2D eigenvalue weighted by Gasteiger charge is -2.46. The molecule has 0 radical (unpaired) electrons. The number of rotatable bonds is 2. The van der Waals surface area contributed by atoms with E-state index in [2.05, 4.69) is 0 Å². The molecule has 1 aliphatic heterocycles. The van der Waals surface area contributed by atoms with Crippen LogP contribution in [0.1, 0.15) is 51.3 Å². The van der Waals surface area contributed by atoms with Gasteiger partial charge in [-0.1, -0.05) is 42.5 Å². The summed E-state index contributed by atoms with van der Waals surface area (Å²) in [6.45, 7) is 2.52. The summed E-state index contributed by atoms with van der Waals surface area (Å²) in [6.07, 6.45) is -1.84. The average Bonchev–Trinajstić information content (AvgIpc) is 2.98. The van der Waals surface area contributed by atoms with Crippen LogP contribution in [-0.4, -0.2) is 39.5 Å². The fourth-order valence-electron chi connectivity index (χ4n) is 5.14. The Morgan fingerprint density at radius 3 is 2.46 bits per heavy atom. The van der Waals surface area contributed by atoms with Gasteiger partial charge in [-0.05, 0) is 54.5 Å². The summed E-state index contributed by atoms with van der Waals surface area (Å²) in [7, 11) is 0. The molecular weight excluding hydrogens is 459 g/mol. The molecule has 1 amide bonds. The van der Waals surface area contributed by atoms with Crippen LogP contribution in [0.3, 0.4) is 0 Å². The van der Waals surface area contributed by atoms with Gasteiger partial charge >= 0.3 is 6.18 Å². The highest BCUT2D eigenvalue weighted by Gasteiger charge is 2.47. The highest BCUT2D eigenvalue weighted by molar-refractivity contribution is 5.96. The van der Waals surface area contributed by atoms with E-state index in [1.807, 2.05) is 49.4 Å². The Hall–Kier alpha value is -3.75. The number of nitrogens with zero attached hydrogens (tertiary/aromatic N) is 3. The van der Waals surface area contributed by atoms with Crippen molar-refractivity contribution in [2.45, 2.75) is 44.9 Å². The van der Waals surface area contributed by atoms with Gasteiger partial charge in [0, 0.05) is 12.3 Å². The number of aryl methyl sites for hydroxylation is 2. The molecule has 6 nitrogen and oxygen atoms in total. The largest absolute Gasteiger partial charge is 0.502 e. The molecule has 1 unspecified atom stereocenters. The molecule has 182 valence electrons. The SMILES string of the molecule is Cc1cccc2c1CCc1ccccc1C2N1CN([C@H](C)C(F)(F)F)C(=O)c2c(O)c(=O)ccn21. The van der Waals surface area contributed by atoms with Gasteiger partial charge in [0.15, 0.2) is 11.4 Å². The quantitative estimate of drug-likeness (QED) is 0.597. The van der Waals surface area contributed by atoms with Crippen LogP contribution >= 0.6 is 0 Å². The van der Waals surface area contributed by atoms with Crippen LogP contribution in [0.15, 0.2) is 59.5 Å². The van der Waals surface area contributed by atoms with E-state index in [4.69, 9.17) is 0 Å². The van der Waals surface area contributed by atoms with Crippen LogP contribution in [0.5, 0.6) is 5.75 Å². The van der Waals surface area contributed by atoms with Crippen LogP contribution in [0.2, 0.25) is 0 Å². The summed E-state index contributed by atoms with van der Waals surface area (Å²) in [5.41, 5.74) is 3.71. The van der Waals surface area contributed by atoms with Crippen LogP contribution < -0.4 is 10.4 Å². The van der Waals surface area contributed by atoms with Crippen molar-refractivity contribution in [3.05, 3.63) is 98.5 Å². The number of alkyl halides is 3. The first kappa shape index (κ1) is 23.0. The summed E-state index contributed by atoms with van der Waals surface area (Å²) >= 11 is 0. The topological polar surface area (TPSA) is 65.8 Å². The Balaban J connectivity index is 1.79. The van der Waals surface area contributed by atoms with E-state index in [1.54, 1.807) is 5.01 Å². The molecule has 1 N–H and O–H groups in total. The molecule has 2 aromatic carbocycles. The van der Waals surface area contributed by atoms with E-state index in [1.165, 1.54) is 10.9 Å². The summed E-state index contributed by atoms with van der Waals surface area (Å²) in [5, 5.41) is 12.2. The predicted octanol–water partition coefficient (Wildman–Crippen LogP) is 4.05. The smallest absolute Gasteiger partial charge is 0.408 e. The third kappa shape index (κ3) is 3.66. The molecule has 1 aliphatic carbocycles. The van der Waals surface area contributed by atoms with Crippen molar-refractivity contribution >= 4 is 5.91 Å². The Morgan fingerprint density at radius 2 is 1.71 bits per heavy atom. The van der Waals surface area contributed by atoms with Gasteiger partial charge in [0.05, 0.1) is 6.04 Å². The molecule has 0 fully saturated rings. The second kappa shape index (κ2) is 8.18. The van der Waals surface area contributed by atoms with Gasteiger partial charge in [-0.15, -0.1) is 0 Å². The number of amides is 1. The molecule has 3 aromatic rings. The van der Waals surface area contributed by atoms with Crippen molar-refractivity contribution in [1.82, 2.24) is 9.58 Å². The number of pyridine rings is 1. The molecule has 35 heavy (non-hydrogen) atoms. The number of benzene rings is 2. The molecule has 9 heteroatoms. The molecule has 1 aromatic heterocycles. The minimum Gasteiger partial charge on any atom is -0.502 e. The fraction of sp³-hybridized carbons (Fsp3) is 0.308. The second-order valence-electron chi connectivity index (χ2n) is 9.04. The summed E-state index contributed by atoms with van der Waals surface area (Å²) < 4.78 is 42.7. The summed E-state index contributed by atoms with van der Waals surface area (Å²) in [4.78, 5) is 26.1. The van der Waals surface area contributed by atoms with Gasteiger partial charge in [-0.25, -0.2) is 0 Å². The van der Waals surface area contributed by atoms with Crippen LogP contribution in [0.25, 0.3) is 0 Å². The minimum atomic E-state index is -4.69. The fourth-order valence-corrected chi connectivity index (χ4v) is 5.14. The van der Waals surface area contributed by atoms with Gasteiger partial charge < -0.3 is 10.0 Å². The minimum absolute atomic E-state index is 0.388. The van der Waals surface area contributed by atoms with E-state index < -0.39 is 41.0 Å². The Morgan fingerprint density at radius 1 is 1.00 bits per heavy atom. The average molecular weight is 483 g/mol. The van der Waals surface area contributed by atoms with E-state index in [0.717, 1.165) is 53.6 Å². The number of carbonyl (C=O) groups is 1. The maximum absolute atomic E-state index is 13.8. The molecule has 0 saturated heterocycles. The number of fused-ring (bicyclic) bond motifs is 3. The van der Waals surface area contributed by atoms with Crippen LogP contribution in [0.4, 0.5) is 13.2 Å². The monoisotopic (exact) mass is 483 g/mol. The number of aromatic hydroxyl groups is 1. The third-order valence-electron chi connectivity index (χ3n) is 7.07. The molecule has 0 saturated carbocycles. The molecular formula is C26H24F3N3O3. The molecule has 2 atom stereocenters. The maximum atomic E-state index is 13.8. The molecule has 2 aliphatic rings. The molecule has 2 heterocycles. The van der Waals surface area contributed by atoms with Crippen molar-refractivity contribution < 1.29 is 23.1 Å². The van der Waals surface area contributed by atoms with E-state index in [0.29, 0.717) is 4.90 Å². The summed E-state index contributed by atoms with van der Waals surface area (Å²) in [6, 6.07) is 12.0. The van der Waals surface area contributed by atoms with Crippen LogP contribution in [0, 0.1) is 6.92 Å². The predicted molar refractivity (Wildman–Crippen MR) is 124 cm³/mol. The zero-order valence-corrected chi connectivity index (χ0v) is 19.2. The first-order chi connectivity index (χ1) is 16.6. The van der Waals surface area contributed by atoms with Gasteiger partial charge in [0.1, 0.15) is 12.7 Å². The Labute approximate surface area is 199 Å². The van der Waals surface area contributed by atoms with Gasteiger partial charge in [-0.3, -0.25) is 19.3 Å². The van der Waals surface area contributed by atoms with Crippen molar-refractivity contribution in [3.63, 3.8) is 0 Å². The van der Waals surface area contributed by atoms with Crippen LogP contribution in [-0.2, 0) is 12.8 Å². The second-order valence-corrected chi connectivity index (χ2v) is 9.04. The van der Waals surface area contributed by atoms with Crippen molar-refractivity contribution in [2.24, 2.45) is 0 Å². The van der Waals surface area contributed by atoms with Crippen molar-refractivity contribution in [2.75, 3.05) is 11.7 Å². The number of hydrogen-bond donors (Lipinski definition) is 1. The number of hydrogen-bond acceptors (Lipinski definition) is 4. The number of aromatic nitrogens is 1. The highest BCUT2D eigenvalue weighted by Crippen LogP contribution is 2.40. The highest BCUT2D eigenvalue weighted by atomic mass is 19.4.